The van der Waals surface area contributed by atoms with Crippen molar-refractivity contribution >= 4 is 11.4 Å². The van der Waals surface area contributed by atoms with Gasteiger partial charge in [0.05, 0.1) is 12.3 Å². The Morgan fingerprint density at radius 1 is 1.18 bits per heavy atom. The van der Waals surface area contributed by atoms with Crippen LogP contribution in [0.3, 0.4) is 0 Å². The van der Waals surface area contributed by atoms with Gasteiger partial charge in [0.2, 0.25) is 0 Å². The quantitative estimate of drug-likeness (QED) is 0.817. The van der Waals surface area contributed by atoms with E-state index in [4.69, 9.17) is 10.5 Å². The fraction of sp³-hybridized carbons (Fsp3) is 0.571. The Bertz CT molecular complexity index is 357. The van der Waals surface area contributed by atoms with E-state index < -0.39 is 0 Å². The smallest absolute Gasteiger partial charge is 0.142 e. The second kappa shape index (κ2) is 5.80. The highest BCUT2D eigenvalue weighted by Crippen LogP contribution is 2.32. The van der Waals surface area contributed by atoms with E-state index in [9.17, 15) is 0 Å². The maximum absolute atomic E-state index is 5.89. The van der Waals surface area contributed by atoms with Crippen LogP contribution in [-0.2, 0) is 0 Å². The summed E-state index contributed by atoms with van der Waals surface area (Å²) >= 11 is 0. The highest BCUT2D eigenvalue weighted by Gasteiger charge is 2.14. The summed E-state index contributed by atoms with van der Waals surface area (Å²) in [5, 5.41) is 0. The second-order valence-electron chi connectivity index (χ2n) is 4.56. The molecule has 1 aromatic rings. The van der Waals surface area contributed by atoms with Crippen molar-refractivity contribution in [1.82, 2.24) is 0 Å². The van der Waals surface area contributed by atoms with E-state index >= 15 is 0 Å². The molecule has 1 heterocycles. The minimum Gasteiger partial charge on any atom is -0.492 e. The Hall–Kier alpha value is -1.38. The van der Waals surface area contributed by atoms with Gasteiger partial charge in [-0.05, 0) is 38.0 Å². The third-order valence-electron chi connectivity index (χ3n) is 3.23. The summed E-state index contributed by atoms with van der Waals surface area (Å²) in [7, 11) is 0. The molecule has 3 nitrogen and oxygen atoms in total. The number of nitrogen functional groups attached to an aromatic ring is 1. The number of hydrogen-bond donors (Lipinski definition) is 1. The number of hydrogen-bond acceptors (Lipinski definition) is 3. The third-order valence-corrected chi connectivity index (χ3v) is 3.23. The van der Waals surface area contributed by atoms with Gasteiger partial charge in [0.25, 0.3) is 0 Å². The number of anilines is 2. The van der Waals surface area contributed by atoms with Gasteiger partial charge in [0, 0.05) is 18.8 Å². The summed E-state index contributed by atoms with van der Waals surface area (Å²) in [4.78, 5) is 2.41. The molecule has 1 fully saturated rings. The van der Waals surface area contributed by atoms with Crippen LogP contribution in [-0.4, -0.2) is 19.7 Å². The Kier molecular flexibility index (Phi) is 4.13. The molecule has 0 spiro atoms. The normalized spacial score (nSPS) is 16.6. The number of nitrogens with zero attached hydrogens (tertiary/aromatic N) is 1. The fourth-order valence-electron chi connectivity index (χ4n) is 2.37. The van der Waals surface area contributed by atoms with Gasteiger partial charge in [-0.2, -0.15) is 0 Å². The number of nitrogens with two attached hydrogens (primary N) is 1. The average molecular weight is 234 g/mol. The summed E-state index contributed by atoms with van der Waals surface area (Å²) in [6.45, 7) is 4.94. The van der Waals surface area contributed by atoms with E-state index in [1.54, 1.807) is 0 Å². The Balaban J connectivity index is 2.23. The number of rotatable bonds is 3. The molecule has 94 valence electrons. The highest BCUT2D eigenvalue weighted by molar-refractivity contribution is 5.65. The van der Waals surface area contributed by atoms with Crippen molar-refractivity contribution in [2.24, 2.45) is 0 Å². The lowest BCUT2D eigenvalue weighted by molar-refractivity contribution is 0.340. The third kappa shape index (κ3) is 3.05. The predicted molar refractivity (Wildman–Crippen MR) is 72.7 cm³/mol. The van der Waals surface area contributed by atoms with E-state index in [1.165, 1.54) is 25.7 Å². The first kappa shape index (κ1) is 12.1. The lowest BCUT2D eigenvalue weighted by Gasteiger charge is -2.25. The van der Waals surface area contributed by atoms with Crippen LogP contribution in [0.4, 0.5) is 11.4 Å². The molecule has 2 N–H and O–H groups in total. The molecule has 3 heteroatoms. The topological polar surface area (TPSA) is 38.5 Å². The van der Waals surface area contributed by atoms with Crippen molar-refractivity contribution in [3.63, 3.8) is 0 Å². The van der Waals surface area contributed by atoms with Crippen LogP contribution in [0.5, 0.6) is 5.75 Å². The van der Waals surface area contributed by atoms with Crippen molar-refractivity contribution in [3.05, 3.63) is 18.2 Å². The van der Waals surface area contributed by atoms with Crippen LogP contribution in [0.25, 0.3) is 0 Å². The van der Waals surface area contributed by atoms with E-state index in [1.807, 2.05) is 25.1 Å². The van der Waals surface area contributed by atoms with Crippen molar-refractivity contribution < 1.29 is 4.74 Å². The van der Waals surface area contributed by atoms with Gasteiger partial charge < -0.3 is 15.4 Å². The summed E-state index contributed by atoms with van der Waals surface area (Å²) in [6, 6.07) is 5.93. The molecule has 0 bridgehead atoms. The molecule has 0 aromatic heterocycles. The van der Waals surface area contributed by atoms with Gasteiger partial charge in [0.15, 0.2) is 0 Å². The van der Waals surface area contributed by atoms with E-state index in [2.05, 4.69) is 4.90 Å². The van der Waals surface area contributed by atoms with Crippen LogP contribution < -0.4 is 15.4 Å². The molecule has 0 radical (unpaired) electrons. The average Bonchev–Trinajstić information content (AvgIpc) is 2.60. The van der Waals surface area contributed by atoms with Crippen LogP contribution in [0.2, 0.25) is 0 Å². The lowest BCUT2D eigenvalue weighted by Crippen LogP contribution is -2.24. The summed E-state index contributed by atoms with van der Waals surface area (Å²) in [5.41, 5.74) is 7.86. The van der Waals surface area contributed by atoms with E-state index in [0.29, 0.717) is 6.61 Å². The standard InChI is InChI=1S/C14H22N2O/c1-2-17-14-8-7-12(15)11-13(14)16-9-5-3-4-6-10-16/h7-8,11H,2-6,9-10,15H2,1H3. The van der Waals surface area contributed by atoms with Gasteiger partial charge >= 0.3 is 0 Å². The monoisotopic (exact) mass is 234 g/mol. The van der Waals surface area contributed by atoms with Crippen LogP contribution >= 0.6 is 0 Å². The largest absolute Gasteiger partial charge is 0.492 e. The fourth-order valence-corrected chi connectivity index (χ4v) is 2.37. The molecule has 1 aliphatic heterocycles. The maximum Gasteiger partial charge on any atom is 0.142 e. The Morgan fingerprint density at radius 3 is 2.53 bits per heavy atom. The van der Waals surface area contributed by atoms with Gasteiger partial charge in [-0.1, -0.05) is 12.8 Å². The van der Waals surface area contributed by atoms with Crippen molar-refractivity contribution in [2.75, 3.05) is 30.3 Å². The highest BCUT2D eigenvalue weighted by atomic mass is 16.5. The zero-order valence-electron chi connectivity index (χ0n) is 10.6. The zero-order chi connectivity index (χ0) is 12.1. The van der Waals surface area contributed by atoms with Gasteiger partial charge in [0.1, 0.15) is 5.75 Å². The van der Waals surface area contributed by atoms with Crippen molar-refractivity contribution in [3.8, 4) is 5.75 Å². The molecule has 0 aliphatic carbocycles. The first-order chi connectivity index (χ1) is 8.31. The van der Waals surface area contributed by atoms with Crippen LogP contribution in [0.1, 0.15) is 32.6 Å². The summed E-state index contributed by atoms with van der Waals surface area (Å²) in [6.07, 6.45) is 5.20. The molecule has 0 amide bonds. The minimum absolute atomic E-state index is 0.699. The molecule has 1 saturated heterocycles. The second-order valence-corrected chi connectivity index (χ2v) is 4.56. The summed E-state index contributed by atoms with van der Waals surface area (Å²) in [5.74, 6) is 0.962. The van der Waals surface area contributed by atoms with Crippen molar-refractivity contribution in [1.29, 1.82) is 0 Å². The van der Waals surface area contributed by atoms with Crippen LogP contribution in [0, 0.1) is 0 Å². The first-order valence-corrected chi connectivity index (χ1v) is 6.58. The predicted octanol–water partition coefficient (Wildman–Crippen LogP) is 3.05. The lowest BCUT2D eigenvalue weighted by atomic mass is 10.2. The van der Waals surface area contributed by atoms with Crippen molar-refractivity contribution in [2.45, 2.75) is 32.6 Å². The number of ether oxygens (including phenoxy) is 1. The molecule has 17 heavy (non-hydrogen) atoms. The van der Waals surface area contributed by atoms with Gasteiger partial charge in [-0.25, -0.2) is 0 Å². The van der Waals surface area contributed by atoms with E-state index in [-0.39, 0.29) is 0 Å². The Morgan fingerprint density at radius 2 is 1.88 bits per heavy atom. The zero-order valence-corrected chi connectivity index (χ0v) is 10.6. The van der Waals surface area contributed by atoms with Crippen LogP contribution in [0.15, 0.2) is 18.2 Å². The SMILES string of the molecule is CCOc1ccc(N)cc1N1CCCCCC1. The maximum atomic E-state index is 5.89. The molecule has 0 saturated carbocycles. The molecule has 0 atom stereocenters. The Labute approximate surface area is 104 Å². The summed E-state index contributed by atoms with van der Waals surface area (Å²) < 4.78 is 5.69. The molecule has 2 rings (SSSR count). The molecular weight excluding hydrogens is 212 g/mol. The number of benzene rings is 1. The first-order valence-electron chi connectivity index (χ1n) is 6.58. The van der Waals surface area contributed by atoms with Gasteiger partial charge in [-0.15, -0.1) is 0 Å². The molecule has 1 aromatic carbocycles. The van der Waals surface area contributed by atoms with E-state index in [0.717, 1.165) is 30.2 Å². The molecule has 1 aliphatic rings. The molecule has 0 unspecified atom stereocenters. The van der Waals surface area contributed by atoms with Gasteiger partial charge in [-0.3, -0.25) is 0 Å². The minimum atomic E-state index is 0.699. The molecular formula is C14H22N2O.